The lowest BCUT2D eigenvalue weighted by atomic mass is 9.85. The van der Waals surface area contributed by atoms with Gasteiger partial charge in [-0.1, -0.05) is 12.1 Å². The topological polar surface area (TPSA) is 110 Å². The number of carbonyl (C=O) groups is 2. The summed E-state index contributed by atoms with van der Waals surface area (Å²) in [5.74, 6) is -0.365. The summed E-state index contributed by atoms with van der Waals surface area (Å²) in [7, 11) is 0. The molecule has 0 saturated heterocycles. The van der Waals surface area contributed by atoms with Crippen LogP contribution < -0.4 is 5.32 Å². The summed E-state index contributed by atoms with van der Waals surface area (Å²) in [6.07, 6.45) is 0.264. The van der Waals surface area contributed by atoms with Crippen LogP contribution in [0.25, 0.3) is 5.95 Å². The minimum absolute atomic E-state index is 0.134. The molecule has 2 N–H and O–H groups in total. The molecule has 1 aliphatic rings. The van der Waals surface area contributed by atoms with Crippen molar-refractivity contribution in [2.75, 3.05) is 5.32 Å². The monoisotopic (exact) mass is 377 g/mol. The zero-order valence-electron chi connectivity index (χ0n) is 15.7. The molecule has 0 radical (unpaired) electrons. The minimum Gasteiger partial charge on any atom is -0.478 e. The lowest BCUT2D eigenvalue weighted by molar-refractivity contribution is -0.116. The smallest absolute Gasteiger partial charge is 0.335 e. The highest BCUT2D eigenvalue weighted by Crippen LogP contribution is 2.39. The van der Waals surface area contributed by atoms with Crippen LogP contribution in [0.5, 0.6) is 0 Å². The first-order chi connectivity index (χ1) is 13.3. The van der Waals surface area contributed by atoms with Gasteiger partial charge in [0.05, 0.1) is 11.3 Å². The first kappa shape index (κ1) is 17.8. The zero-order valence-corrected chi connectivity index (χ0v) is 15.7. The lowest BCUT2D eigenvalue weighted by Crippen LogP contribution is -2.25. The number of carboxylic acids is 1. The second kappa shape index (κ2) is 6.56. The number of amides is 1. The van der Waals surface area contributed by atoms with E-state index in [1.165, 1.54) is 0 Å². The molecule has 1 amide bonds. The van der Waals surface area contributed by atoms with E-state index in [9.17, 15) is 9.59 Å². The molecule has 0 unspecified atom stereocenters. The van der Waals surface area contributed by atoms with Crippen LogP contribution in [-0.2, 0) is 4.79 Å². The third-order valence-electron chi connectivity index (χ3n) is 4.82. The SMILES string of the molecule is Cc1cc(C)nc(-n2nc(C)c3c2NC(=O)C[C@@H]3c2ccc(C(=O)O)cc2)n1. The minimum atomic E-state index is -0.982. The second-order valence-electron chi connectivity index (χ2n) is 6.94. The molecular formula is C20H19N5O3. The fourth-order valence-electron chi connectivity index (χ4n) is 3.64. The first-order valence-corrected chi connectivity index (χ1v) is 8.88. The van der Waals surface area contributed by atoms with Gasteiger partial charge in [0, 0.05) is 29.3 Å². The number of nitrogens with one attached hydrogen (secondary N) is 1. The van der Waals surface area contributed by atoms with E-state index < -0.39 is 5.97 Å². The number of aryl methyl sites for hydroxylation is 3. The number of benzene rings is 1. The number of rotatable bonds is 3. The largest absolute Gasteiger partial charge is 0.478 e. The van der Waals surface area contributed by atoms with Crippen LogP contribution in [0.2, 0.25) is 0 Å². The Morgan fingerprint density at radius 3 is 2.39 bits per heavy atom. The number of aromatic carboxylic acids is 1. The van der Waals surface area contributed by atoms with Gasteiger partial charge in [-0.3, -0.25) is 4.79 Å². The van der Waals surface area contributed by atoms with E-state index in [1.807, 2.05) is 26.8 Å². The van der Waals surface area contributed by atoms with Gasteiger partial charge in [-0.05, 0) is 44.5 Å². The third-order valence-corrected chi connectivity index (χ3v) is 4.82. The van der Waals surface area contributed by atoms with Gasteiger partial charge < -0.3 is 10.4 Å². The van der Waals surface area contributed by atoms with Crippen molar-refractivity contribution in [3.05, 3.63) is 64.1 Å². The Hall–Kier alpha value is -3.55. The van der Waals surface area contributed by atoms with E-state index in [0.717, 1.165) is 28.2 Å². The predicted molar refractivity (Wildman–Crippen MR) is 102 cm³/mol. The number of anilines is 1. The molecule has 28 heavy (non-hydrogen) atoms. The molecule has 0 saturated carbocycles. The number of aromatic nitrogens is 4. The van der Waals surface area contributed by atoms with E-state index in [4.69, 9.17) is 5.11 Å². The number of hydrogen-bond donors (Lipinski definition) is 2. The molecule has 4 rings (SSSR count). The molecule has 3 heterocycles. The molecule has 0 spiro atoms. The van der Waals surface area contributed by atoms with Crippen LogP contribution in [0.4, 0.5) is 5.82 Å². The van der Waals surface area contributed by atoms with Gasteiger partial charge in [-0.15, -0.1) is 0 Å². The van der Waals surface area contributed by atoms with E-state index in [0.29, 0.717) is 11.8 Å². The van der Waals surface area contributed by atoms with Crippen LogP contribution in [0, 0.1) is 20.8 Å². The summed E-state index contributed by atoms with van der Waals surface area (Å²) in [4.78, 5) is 32.4. The molecule has 2 aromatic heterocycles. The molecule has 1 atom stereocenters. The molecule has 142 valence electrons. The quantitative estimate of drug-likeness (QED) is 0.726. The van der Waals surface area contributed by atoms with Crippen molar-refractivity contribution in [1.82, 2.24) is 19.7 Å². The van der Waals surface area contributed by atoms with Gasteiger partial charge in [0.2, 0.25) is 5.91 Å². The molecule has 3 aromatic rings. The summed E-state index contributed by atoms with van der Waals surface area (Å²) in [6, 6.07) is 8.48. The molecule has 0 bridgehead atoms. The highest BCUT2D eigenvalue weighted by atomic mass is 16.4. The van der Waals surface area contributed by atoms with Gasteiger partial charge >= 0.3 is 5.97 Å². The Kier molecular flexibility index (Phi) is 4.18. The molecular weight excluding hydrogens is 358 g/mol. The maximum absolute atomic E-state index is 12.4. The van der Waals surface area contributed by atoms with Crippen LogP contribution >= 0.6 is 0 Å². The number of fused-ring (bicyclic) bond motifs is 1. The van der Waals surface area contributed by atoms with E-state index in [-0.39, 0.29) is 23.8 Å². The summed E-state index contributed by atoms with van der Waals surface area (Å²) in [5, 5.41) is 16.6. The first-order valence-electron chi connectivity index (χ1n) is 8.88. The normalized spacial score (nSPS) is 15.8. The van der Waals surface area contributed by atoms with Crippen LogP contribution in [0.3, 0.4) is 0 Å². The average molecular weight is 377 g/mol. The highest BCUT2D eigenvalue weighted by molar-refractivity contribution is 5.95. The van der Waals surface area contributed by atoms with Crippen molar-refractivity contribution in [3.8, 4) is 5.95 Å². The summed E-state index contributed by atoms with van der Waals surface area (Å²) in [5.41, 5.74) is 4.36. The Balaban J connectivity index is 1.84. The maximum atomic E-state index is 12.4. The van der Waals surface area contributed by atoms with E-state index >= 15 is 0 Å². The number of carboxylic acid groups (broad SMARTS) is 1. The highest BCUT2D eigenvalue weighted by Gasteiger charge is 2.33. The van der Waals surface area contributed by atoms with E-state index in [1.54, 1.807) is 28.9 Å². The third kappa shape index (κ3) is 3.02. The number of hydrogen-bond acceptors (Lipinski definition) is 5. The van der Waals surface area contributed by atoms with Gasteiger partial charge in [0.25, 0.3) is 5.95 Å². The fourth-order valence-corrected chi connectivity index (χ4v) is 3.64. The van der Waals surface area contributed by atoms with Crippen LogP contribution in [0.1, 0.15) is 50.9 Å². The zero-order chi connectivity index (χ0) is 20.0. The Morgan fingerprint density at radius 2 is 1.79 bits per heavy atom. The lowest BCUT2D eigenvalue weighted by Gasteiger charge is -2.24. The fraction of sp³-hybridized carbons (Fsp3) is 0.250. The Bertz CT molecular complexity index is 1080. The van der Waals surface area contributed by atoms with Gasteiger partial charge in [-0.25, -0.2) is 14.8 Å². The number of nitrogens with zero attached hydrogens (tertiary/aromatic N) is 4. The van der Waals surface area contributed by atoms with Crippen molar-refractivity contribution < 1.29 is 14.7 Å². The Morgan fingerprint density at radius 1 is 1.14 bits per heavy atom. The summed E-state index contributed by atoms with van der Waals surface area (Å²) < 4.78 is 1.57. The standard InChI is InChI=1S/C20H19N5O3/c1-10-8-11(2)22-20(21-10)25-18-17(12(3)24-25)15(9-16(26)23-18)13-4-6-14(7-5-13)19(27)28/h4-8,15H,9H2,1-3H3,(H,23,26)(H,27,28)/t15-/m1/s1. The molecule has 8 nitrogen and oxygen atoms in total. The average Bonchev–Trinajstić information content (AvgIpc) is 2.97. The van der Waals surface area contributed by atoms with Gasteiger partial charge in [0.1, 0.15) is 5.82 Å². The van der Waals surface area contributed by atoms with Crippen molar-refractivity contribution >= 4 is 17.7 Å². The second-order valence-corrected chi connectivity index (χ2v) is 6.94. The van der Waals surface area contributed by atoms with Crippen LogP contribution in [-0.4, -0.2) is 36.7 Å². The van der Waals surface area contributed by atoms with Crippen molar-refractivity contribution in [1.29, 1.82) is 0 Å². The molecule has 8 heteroatoms. The van der Waals surface area contributed by atoms with Crippen molar-refractivity contribution in [3.63, 3.8) is 0 Å². The van der Waals surface area contributed by atoms with E-state index in [2.05, 4.69) is 20.4 Å². The molecule has 1 aromatic carbocycles. The van der Waals surface area contributed by atoms with Crippen LogP contribution in [0.15, 0.2) is 30.3 Å². The van der Waals surface area contributed by atoms with Gasteiger partial charge in [-0.2, -0.15) is 9.78 Å². The Labute approximate surface area is 161 Å². The molecule has 1 aliphatic heterocycles. The number of carbonyl (C=O) groups excluding carboxylic acids is 1. The molecule has 0 aliphatic carbocycles. The van der Waals surface area contributed by atoms with Crippen molar-refractivity contribution in [2.24, 2.45) is 0 Å². The maximum Gasteiger partial charge on any atom is 0.335 e. The molecule has 0 fully saturated rings. The predicted octanol–water partition coefficient (Wildman–Crippen LogP) is 2.76. The summed E-state index contributed by atoms with van der Waals surface area (Å²) in [6.45, 7) is 5.65. The van der Waals surface area contributed by atoms with Gasteiger partial charge in [0.15, 0.2) is 0 Å². The summed E-state index contributed by atoms with van der Waals surface area (Å²) >= 11 is 0. The van der Waals surface area contributed by atoms with Crippen molar-refractivity contribution in [2.45, 2.75) is 33.1 Å².